The van der Waals surface area contributed by atoms with Crippen molar-refractivity contribution in [3.8, 4) is 5.69 Å². The SMILES string of the molecule is Cc1nn(-c2ccc(Cl)cc2)c(C)c1CC(=O)N1CCN(C(=O)c2ccc(Cl)cc2)CC1. The number of halogens is 2. The van der Waals surface area contributed by atoms with Gasteiger partial charge < -0.3 is 9.80 Å². The number of aromatic nitrogens is 2. The molecule has 0 bridgehead atoms. The lowest BCUT2D eigenvalue weighted by molar-refractivity contribution is -0.131. The van der Waals surface area contributed by atoms with Crippen molar-refractivity contribution in [1.82, 2.24) is 19.6 Å². The highest BCUT2D eigenvalue weighted by Gasteiger charge is 2.26. The third-order valence-electron chi connectivity index (χ3n) is 5.85. The van der Waals surface area contributed by atoms with E-state index in [0.717, 1.165) is 22.6 Å². The highest BCUT2D eigenvalue weighted by molar-refractivity contribution is 6.30. The van der Waals surface area contributed by atoms with Crippen LogP contribution in [0.2, 0.25) is 10.0 Å². The van der Waals surface area contributed by atoms with Crippen LogP contribution in [0.1, 0.15) is 27.3 Å². The second-order valence-corrected chi connectivity index (χ2v) is 8.77. The van der Waals surface area contributed by atoms with Gasteiger partial charge in [-0.05, 0) is 62.4 Å². The third-order valence-corrected chi connectivity index (χ3v) is 6.36. The van der Waals surface area contributed by atoms with E-state index in [4.69, 9.17) is 23.2 Å². The summed E-state index contributed by atoms with van der Waals surface area (Å²) < 4.78 is 1.84. The third kappa shape index (κ3) is 4.66. The summed E-state index contributed by atoms with van der Waals surface area (Å²) >= 11 is 11.9. The van der Waals surface area contributed by atoms with Crippen molar-refractivity contribution < 1.29 is 9.59 Å². The Bertz CT molecular complexity index is 1130. The molecule has 0 radical (unpaired) electrons. The molecule has 6 nitrogen and oxygen atoms in total. The summed E-state index contributed by atoms with van der Waals surface area (Å²) in [4.78, 5) is 29.3. The minimum absolute atomic E-state index is 0.0373. The van der Waals surface area contributed by atoms with Crippen molar-refractivity contribution in [2.45, 2.75) is 20.3 Å². The first kappa shape index (κ1) is 22.4. The average molecular weight is 471 g/mol. The zero-order valence-corrected chi connectivity index (χ0v) is 19.5. The Balaban J connectivity index is 1.39. The summed E-state index contributed by atoms with van der Waals surface area (Å²) in [6, 6.07) is 14.3. The lowest BCUT2D eigenvalue weighted by Gasteiger charge is -2.35. The van der Waals surface area contributed by atoms with Crippen LogP contribution in [-0.4, -0.2) is 57.6 Å². The fraction of sp³-hybridized carbons (Fsp3) is 0.292. The number of amides is 2. The second kappa shape index (κ2) is 9.35. The number of aryl methyl sites for hydroxylation is 1. The van der Waals surface area contributed by atoms with E-state index in [1.165, 1.54) is 0 Å². The molecule has 3 aromatic rings. The first-order chi connectivity index (χ1) is 15.3. The van der Waals surface area contributed by atoms with Crippen molar-refractivity contribution >= 4 is 35.0 Å². The van der Waals surface area contributed by atoms with E-state index in [0.29, 0.717) is 41.8 Å². The molecule has 8 heteroatoms. The average Bonchev–Trinajstić information content (AvgIpc) is 3.08. The zero-order chi connectivity index (χ0) is 22.8. The van der Waals surface area contributed by atoms with Gasteiger partial charge in [0.1, 0.15) is 0 Å². The number of rotatable bonds is 4. The van der Waals surface area contributed by atoms with E-state index in [1.807, 2.05) is 47.7 Å². The first-order valence-corrected chi connectivity index (χ1v) is 11.2. The molecule has 1 saturated heterocycles. The lowest BCUT2D eigenvalue weighted by Crippen LogP contribution is -2.51. The number of nitrogens with zero attached hydrogens (tertiary/aromatic N) is 4. The second-order valence-electron chi connectivity index (χ2n) is 7.89. The van der Waals surface area contributed by atoms with Crippen molar-refractivity contribution in [2.24, 2.45) is 0 Å². The van der Waals surface area contributed by atoms with Crippen LogP contribution in [0.3, 0.4) is 0 Å². The molecule has 0 saturated carbocycles. The van der Waals surface area contributed by atoms with E-state index in [2.05, 4.69) is 5.10 Å². The monoisotopic (exact) mass is 470 g/mol. The topological polar surface area (TPSA) is 58.4 Å². The van der Waals surface area contributed by atoms with Crippen LogP contribution in [0.4, 0.5) is 0 Å². The highest BCUT2D eigenvalue weighted by Crippen LogP contribution is 2.21. The molecule has 4 rings (SSSR count). The van der Waals surface area contributed by atoms with Crippen LogP contribution in [0.15, 0.2) is 48.5 Å². The van der Waals surface area contributed by atoms with Crippen molar-refractivity contribution in [1.29, 1.82) is 0 Å². The van der Waals surface area contributed by atoms with Gasteiger partial charge in [-0.1, -0.05) is 23.2 Å². The van der Waals surface area contributed by atoms with Gasteiger partial charge in [-0.2, -0.15) is 5.10 Å². The molecule has 166 valence electrons. The Morgan fingerprint density at radius 2 is 1.38 bits per heavy atom. The maximum absolute atomic E-state index is 13.0. The molecular formula is C24H24Cl2N4O2. The maximum atomic E-state index is 13.0. The summed E-state index contributed by atoms with van der Waals surface area (Å²) in [5.74, 6) is 0.00939. The van der Waals surface area contributed by atoms with Gasteiger partial charge in [-0.3, -0.25) is 9.59 Å². The van der Waals surface area contributed by atoms with Crippen molar-refractivity contribution in [2.75, 3.05) is 26.2 Å². The van der Waals surface area contributed by atoms with Gasteiger partial charge in [-0.15, -0.1) is 0 Å². The van der Waals surface area contributed by atoms with Gasteiger partial charge in [0, 0.05) is 53.0 Å². The molecular weight excluding hydrogens is 447 g/mol. The largest absolute Gasteiger partial charge is 0.339 e. The number of carbonyl (C=O) groups is 2. The highest BCUT2D eigenvalue weighted by atomic mass is 35.5. The summed E-state index contributed by atoms with van der Waals surface area (Å²) in [5.41, 5.74) is 4.22. The van der Waals surface area contributed by atoms with Gasteiger partial charge in [0.05, 0.1) is 17.8 Å². The number of hydrogen-bond acceptors (Lipinski definition) is 3. The van der Waals surface area contributed by atoms with E-state index in [-0.39, 0.29) is 18.2 Å². The molecule has 0 atom stereocenters. The molecule has 1 fully saturated rings. The Morgan fingerprint density at radius 3 is 1.97 bits per heavy atom. The quantitative estimate of drug-likeness (QED) is 0.570. The number of hydrogen-bond donors (Lipinski definition) is 0. The fourth-order valence-electron chi connectivity index (χ4n) is 3.96. The van der Waals surface area contributed by atoms with E-state index >= 15 is 0 Å². The van der Waals surface area contributed by atoms with Crippen molar-refractivity contribution in [3.05, 3.63) is 81.1 Å². The Kier molecular flexibility index (Phi) is 6.53. The summed E-state index contributed by atoms with van der Waals surface area (Å²) in [7, 11) is 0. The molecule has 1 aliphatic heterocycles. The fourth-order valence-corrected chi connectivity index (χ4v) is 4.21. The van der Waals surface area contributed by atoms with Crippen molar-refractivity contribution in [3.63, 3.8) is 0 Å². The maximum Gasteiger partial charge on any atom is 0.253 e. The van der Waals surface area contributed by atoms with E-state index < -0.39 is 0 Å². The van der Waals surface area contributed by atoms with Crippen LogP contribution in [-0.2, 0) is 11.2 Å². The minimum atomic E-state index is -0.0373. The number of benzene rings is 2. The molecule has 1 aliphatic rings. The smallest absolute Gasteiger partial charge is 0.253 e. The van der Waals surface area contributed by atoms with Crippen LogP contribution in [0.25, 0.3) is 5.69 Å². The Morgan fingerprint density at radius 1 is 0.844 bits per heavy atom. The molecule has 2 heterocycles. The van der Waals surface area contributed by atoms with E-state index in [1.54, 1.807) is 29.2 Å². The van der Waals surface area contributed by atoms with Gasteiger partial charge in [-0.25, -0.2) is 4.68 Å². The number of piperazine rings is 1. The molecule has 0 unspecified atom stereocenters. The predicted molar refractivity (Wildman–Crippen MR) is 126 cm³/mol. The summed E-state index contributed by atoms with van der Waals surface area (Å²) in [6.45, 7) is 5.94. The van der Waals surface area contributed by atoms with E-state index in [9.17, 15) is 9.59 Å². The molecule has 0 spiro atoms. The lowest BCUT2D eigenvalue weighted by atomic mass is 10.1. The van der Waals surface area contributed by atoms with Crippen LogP contribution >= 0.6 is 23.2 Å². The number of carbonyl (C=O) groups excluding carboxylic acids is 2. The summed E-state index contributed by atoms with van der Waals surface area (Å²) in [5, 5.41) is 5.89. The minimum Gasteiger partial charge on any atom is -0.339 e. The first-order valence-electron chi connectivity index (χ1n) is 10.5. The standard InChI is InChI=1S/C24H24Cl2N4O2/c1-16-22(17(2)30(27-16)21-9-7-20(26)8-10-21)15-23(31)28-11-13-29(14-12-28)24(32)18-3-5-19(25)6-4-18/h3-10H,11-15H2,1-2H3. The van der Waals surface area contributed by atoms with Gasteiger partial charge in [0.25, 0.3) is 5.91 Å². The van der Waals surface area contributed by atoms with Crippen LogP contribution in [0, 0.1) is 13.8 Å². The molecule has 0 aliphatic carbocycles. The predicted octanol–water partition coefficient (Wildman–Crippen LogP) is 4.32. The molecule has 0 N–H and O–H groups in total. The van der Waals surface area contributed by atoms with Gasteiger partial charge >= 0.3 is 0 Å². The zero-order valence-electron chi connectivity index (χ0n) is 18.0. The Labute approximate surface area is 197 Å². The van der Waals surface area contributed by atoms with Crippen LogP contribution in [0.5, 0.6) is 0 Å². The normalized spacial score (nSPS) is 14.0. The Hall–Kier alpha value is -2.83. The molecule has 32 heavy (non-hydrogen) atoms. The molecule has 2 aromatic carbocycles. The van der Waals surface area contributed by atoms with Gasteiger partial charge in [0.2, 0.25) is 5.91 Å². The van der Waals surface area contributed by atoms with Crippen LogP contribution < -0.4 is 0 Å². The summed E-state index contributed by atoms with van der Waals surface area (Å²) in [6.07, 6.45) is 0.288. The van der Waals surface area contributed by atoms with Gasteiger partial charge in [0.15, 0.2) is 0 Å². The molecule has 2 amide bonds. The molecule has 1 aromatic heterocycles.